The molecular formula is C19H20N2O3. The van der Waals surface area contributed by atoms with Gasteiger partial charge in [-0.3, -0.25) is 9.59 Å². The summed E-state index contributed by atoms with van der Waals surface area (Å²) < 4.78 is 5.55. The maximum atomic E-state index is 12.7. The summed E-state index contributed by atoms with van der Waals surface area (Å²) in [5.74, 6) is 1.64. The highest BCUT2D eigenvalue weighted by molar-refractivity contribution is 5.99. The van der Waals surface area contributed by atoms with Crippen LogP contribution >= 0.6 is 0 Å². The van der Waals surface area contributed by atoms with E-state index in [4.69, 9.17) is 4.74 Å². The number of fused-ring (bicyclic) bond motifs is 1. The highest BCUT2D eigenvalue weighted by atomic mass is 16.5. The molecule has 3 aliphatic carbocycles. The van der Waals surface area contributed by atoms with Gasteiger partial charge in [0.15, 0.2) is 6.10 Å². The lowest BCUT2D eigenvalue weighted by Crippen LogP contribution is -2.34. The minimum Gasteiger partial charge on any atom is -0.479 e. The summed E-state index contributed by atoms with van der Waals surface area (Å²) in [6.07, 6.45) is 7.57. The molecule has 1 aromatic carbocycles. The van der Waals surface area contributed by atoms with E-state index >= 15 is 0 Å². The van der Waals surface area contributed by atoms with Crippen LogP contribution in [-0.2, 0) is 9.59 Å². The molecule has 4 aliphatic rings. The Kier molecular flexibility index (Phi) is 2.71. The molecule has 0 aromatic heterocycles. The average molecular weight is 324 g/mol. The van der Waals surface area contributed by atoms with Gasteiger partial charge in [-0.15, -0.1) is 0 Å². The van der Waals surface area contributed by atoms with Gasteiger partial charge in [0.25, 0.3) is 5.91 Å². The first kappa shape index (κ1) is 14.1. The number of hydrogen-bond donors (Lipinski definition) is 2. The minimum absolute atomic E-state index is 0.0735. The fourth-order valence-electron chi connectivity index (χ4n) is 4.79. The highest BCUT2D eigenvalue weighted by Crippen LogP contribution is 2.70. The van der Waals surface area contributed by atoms with Crippen molar-refractivity contribution in [3.63, 3.8) is 0 Å². The molecule has 1 aromatic rings. The van der Waals surface area contributed by atoms with Crippen molar-refractivity contribution >= 4 is 23.2 Å². The van der Waals surface area contributed by atoms with Crippen molar-refractivity contribution < 1.29 is 14.3 Å². The number of carbonyl (C=O) groups is 2. The van der Waals surface area contributed by atoms with Crippen LogP contribution in [0.25, 0.3) is 0 Å². The van der Waals surface area contributed by atoms with E-state index in [1.807, 2.05) is 6.07 Å². The van der Waals surface area contributed by atoms with Gasteiger partial charge in [0.05, 0.1) is 5.69 Å². The topological polar surface area (TPSA) is 67.4 Å². The van der Waals surface area contributed by atoms with E-state index in [2.05, 4.69) is 22.8 Å². The third-order valence-corrected chi connectivity index (χ3v) is 6.24. The van der Waals surface area contributed by atoms with E-state index in [1.165, 1.54) is 12.8 Å². The molecule has 2 amide bonds. The van der Waals surface area contributed by atoms with E-state index in [-0.39, 0.29) is 17.7 Å². The van der Waals surface area contributed by atoms with Gasteiger partial charge in [-0.25, -0.2) is 0 Å². The van der Waals surface area contributed by atoms with Crippen LogP contribution in [0.3, 0.4) is 0 Å². The van der Waals surface area contributed by atoms with Crippen molar-refractivity contribution in [2.45, 2.75) is 32.3 Å². The Balaban J connectivity index is 1.34. The van der Waals surface area contributed by atoms with Gasteiger partial charge in [-0.2, -0.15) is 0 Å². The third kappa shape index (κ3) is 1.87. The van der Waals surface area contributed by atoms with Crippen LogP contribution < -0.4 is 15.4 Å². The zero-order chi connectivity index (χ0) is 16.5. The molecule has 2 saturated carbocycles. The van der Waals surface area contributed by atoms with Gasteiger partial charge >= 0.3 is 0 Å². The van der Waals surface area contributed by atoms with Gasteiger partial charge in [0.1, 0.15) is 5.75 Å². The second-order valence-electron chi connectivity index (χ2n) is 7.54. The molecule has 5 heteroatoms. The van der Waals surface area contributed by atoms with Gasteiger partial charge < -0.3 is 15.4 Å². The molecule has 5 rings (SSSR count). The van der Waals surface area contributed by atoms with Crippen molar-refractivity contribution in [2.75, 3.05) is 10.6 Å². The summed E-state index contributed by atoms with van der Waals surface area (Å²) in [7, 11) is 0. The molecular weight excluding hydrogens is 304 g/mol. The molecule has 2 N–H and O–H groups in total. The second kappa shape index (κ2) is 4.62. The van der Waals surface area contributed by atoms with Crippen LogP contribution in [0, 0.1) is 23.2 Å². The molecule has 2 bridgehead atoms. The summed E-state index contributed by atoms with van der Waals surface area (Å²) in [6.45, 7) is 1.71. The van der Waals surface area contributed by atoms with E-state index in [0.29, 0.717) is 34.4 Å². The largest absolute Gasteiger partial charge is 0.479 e. The summed E-state index contributed by atoms with van der Waals surface area (Å²) in [5, 5.41) is 5.85. The zero-order valence-electron chi connectivity index (χ0n) is 13.5. The number of anilines is 2. The number of amides is 2. The molecule has 1 aliphatic heterocycles. The summed E-state index contributed by atoms with van der Waals surface area (Å²) >= 11 is 0. The summed E-state index contributed by atoms with van der Waals surface area (Å²) in [4.78, 5) is 24.5. The number of hydrogen-bond acceptors (Lipinski definition) is 3. The first-order valence-electron chi connectivity index (χ1n) is 8.68. The van der Waals surface area contributed by atoms with E-state index < -0.39 is 6.10 Å². The molecule has 1 spiro atoms. The average Bonchev–Trinajstić information content (AvgIpc) is 3.22. The van der Waals surface area contributed by atoms with Crippen molar-refractivity contribution in [3.8, 4) is 5.75 Å². The maximum absolute atomic E-state index is 12.7. The SMILES string of the molecule is C[C@@H]1Oc2ccc(NC(=O)[C@@H]3C[C@H]4C=C[C@H]3C43CC3)cc2NC1=O. The normalized spacial score (nSPS) is 33.8. The van der Waals surface area contributed by atoms with Gasteiger partial charge in [-0.05, 0) is 61.6 Å². The molecule has 5 nitrogen and oxygen atoms in total. The Bertz CT molecular complexity index is 781. The first-order valence-corrected chi connectivity index (χ1v) is 8.68. The van der Waals surface area contributed by atoms with Crippen LogP contribution in [0.5, 0.6) is 5.75 Å². The molecule has 1 heterocycles. The van der Waals surface area contributed by atoms with E-state index in [1.54, 1.807) is 19.1 Å². The minimum atomic E-state index is -0.492. The molecule has 0 saturated heterocycles. The molecule has 24 heavy (non-hydrogen) atoms. The first-order chi connectivity index (χ1) is 11.6. The smallest absolute Gasteiger partial charge is 0.265 e. The monoisotopic (exact) mass is 324 g/mol. The predicted octanol–water partition coefficient (Wildman–Crippen LogP) is 2.95. The fraction of sp³-hybridized carbons (Fsp3) is 0.474. The second-order valence-corrected chi connectivity index (χ2v) is 7.54. The van der Waals surface area contributed by atoms with Crippen molar-refractivity contribution in [1.82, 2.24) is 0 Å². The Morgan fingerprint density at radius 3 is 2.92 bits per heavy atom. The quantitative estimate of drug-likeness (QED) is 0.822. The molecule has 4 atom stereocenters. The third-order valence-electron chi connectivity index (χ3n) is 6.24. The summed E-state index contributed by atoms with van der Waals surface area (Å²) in [6, 6.07) is 5.40. The lowest BCUT2D eigenvalue weighted by molar-refractivity contribution is -0.122. The van der Waals surface area contributed by atoms with Crippen LogP contribution in [0.2, 0.25) is 0 Å². The van der Waals surface area contributed by atoms with Crippen LogP contribution in [0.4, 0.5) is 11.4 Å². The number of benzene rings is 1. The lowest BCUT2D eigenvalue weighted by Gasteiger charge is -2.24. The number of rotatable bonds is 2. The number of carbonyl (C=O) groups excluding carboxylic acids is 2. The Morgan fingerprint density at radius 2 is 2.17 bits per heavy atom. The van der Waals surface area contributed by atoms with Gasteiger partial charge in [-0.1, -0.05) is 12.2 Å². The highest BCUT2D eigenvalue weighted by Gasteiger charge is 2.64. The predicted molar refractivity (Wildman–Crippen MR) is 89.7 cm³/mol. The Morgan fingerprint density at radius 1 is 1.33 bits per heavy atom. The van der Waals surface area contributed by atoms with Crippen molar-refractivity contribution in [2.24, 2.45) is 23.2 Å². The standard InChI is InChI=1S/C19H20N2O3/c1-10-17(22)21-15-9-12(3-5-16(15)24-10)20-18(23)13-8-11-2-4-14(13)19(11)6-7-19/h2-5,9-11,13-14H,6-8H2,1H3,(H,20,23)(H,21,22)/t10-,11+,13+,14+/m0/s1. The number of ether oxygens (including phenoxy) is 1. The summed E-state index contributed by atoms with van der Waals surface area (Å²) in [5.41, 5.74) is 1.73. The number of nitrogens with one attached hydrogen (secondary N) is 2. The Hall–Kier alpha value is -2.30. The lowest BCUT2D eigenvalue weighted by atomic mass is 9.88. The Labute approximate surface area is 140 Å². The van der Waals surface area contributed by atoms with Crippen LogP contribution in [0.1, 0.15) is 26.2 Å². The van der Waals surface area contributed by atoms with Crippen LogP contribution in [0.15, 0.2) is 30.4 Å². The molecule has 124 valence electrons. The fourth-order valence-corrected chi connectivity index (χ4v) is 4.79. The molecule has 2 fully saturated rings. The van der Waals surface area contributed by atoms with Crippen LogP contribution in [-0.4, -0.2) is 17.9 Å². The molecule has 0 unspecified atom stereocenters. The van der Waals surface area contributed by atoms with E-state index in [0.717, 1.165) is 6.42 Å². The van der Waals surface area contributed by atoms with Crippen molar-refractivity contribution in [3.05, 3.63) is 30.4 Å². The van der Waals surface area contributed by atoms with Gasteiger partial charge in [0, 0.05) is 11.6 Å². The van der Waals surface area contributed by atoms with E-state index in [9.17, 15) is 9.59 Å². The molecule has 0 radical (unpaired) electrons. The van der Waals surface area contributed by atoms with Crippen molar-refractivity contribution in [1.29, 1.82) is 0 Å². The maximum Gasteiger partial charge on any atom is 0.265 e. The number of allylic oxidation sites excluding steroid dienone is 2. The zero-order valence-corrected chi connectivity index (χ0v) is 13.5. The van der Waals surface area contributed by atoms with Gasteiger partial charge in [0.2, 0.25) is 5.91 Å².